The van der Waals surface area contributed by atoms with E-state index in [4.69, 9.17) is 1.37 Å². The third-order valence-electron chi connectivity index (χ3n) is 8.15. The molecule has 0 atom stereocenters. The SMILES string of the molecule is CCCCCCBr.CCCCCCn1c(-c2ccc(F)cc2)cc2ccccc21.Fc1ccc(C2=Cc3ccccc3C2)cc1.[2H]CF.[H-].[Na+]. The van der Waals surface area contributed by atoms with Gasteiger partial charge in [0.1, 0.15) is 11.6 Å². The maximum absolute atomic E-state index is 13.2. The van der Waals surface area contributed by atoms with Crippen molar-refractivity contribution < 1.29 is 45.5 Å². The third-order valence-corrected chi connectivity index (χ3v) is 8.71. The van der Waals surface area contributed by atoms with Crippen LogP contribution in [0, 0.1) is 11.6 Å². The number of aryl methyl sites for hydroxylation is 1. The van der Waals surface area contributed by atoms with Gasteiger partial charge < -0.3 is 5.99 Å². The number of rotatable bonds is 11. The monoisotopic (exact) mass is 728 g/mol. The molecule has 4 aromatic carbocycles. The predicted molar refractivity (Wildman–Crippen MR) is 202 cm³/mol. The molecule has 0 saturated heterocycles. The summed E-state index contributed by atoms with van der Waals surface area (Å²) in [5, 5.41) is 2.42. The van der Waals surface area contributed by atoms with Crippen LogP contribution in [0.2, 0.25) is 0 Å². The van der Waals surface area contributed by atoms with Crippen molar-refractivity contribution in [3.63, 3.8) is 0 Å². The Morgan fingerprint density at radius 1 is 0.729 bits per heavy atom. The van der Waals surface area contributed by atoms with Crippen molar-refractivity contribution in [2.75, 3.05) is 12.5 Å². The van der Waals surface area contributed by atoms with Gasteiger partial charge in [0.2, 0.25) is 0 Å². The van der Waals surface area contributed by atoms with Gasteiger partial charge >= 0.3 is 29.6 Å². The molecule has 6 rings (SSSR count). The van der Waals surface area contributed by atoms with Gasteiger partial charge in [-0.15, -0.1) is 0 Å². The molecule has 0 saturated carbocycles. The van der Waals surface area contributed by atoms with Crippen LogP contribution in [-0.2, 0) is 13.0 Å². The standard InChI is InChI=1S/C20H22FN.C15H11F.C6H13Br.CH3F.Na.H/c1-2-3-4-7-14-22-19-9-6-5-8-17(19)15-20(22)16-10-12-18(21)13-11-16;16-15-7-5-11(6-8-15)14-9-12-3-1-2-4-13(12)10-14;1-2-3-4-5-6-7;1-2;;/h5-6,8-13,15H,2-4,7,14H2,1H3;1-9H,10H2;2-6H2,1H3;1H3;;/q;;;;+1;-1/i;;;1D;;. The molecule has 1 aromatic heterocycles. The number of aromatic nitrogens is 1. The van der Waals surface area contributed by atoms with Crippen LogP contribution in [0.5, 0.6) is 0 Å². The number of halogens is 4. The number of hydrogen-bond acceptors (Lipinski definition) is 0. The van der Waals surface area contributed by atoms with Crippen molar-refractivity contribution in [2.24, 2.45) is 0 Å². The van der Waals surface area contributed by atoms with Crippen molar-refractivity contribution in [2.45, 2.75) is 78.2 Å². The largest absolute Gasteiger partial charge is 1.00 e. The topological polar surface area (TPSA) is 4.93 Å². The Balaban J connectivity index is 0.000000392. The molecule has 1 aliphatic carbocycles. The van der Waals surface area contributed by atoms with E-state index in [1.807, 2.05) is 30.3 Å². The van der Waals surface area contributed by atoms with Gasteiger partial charge in [-0.1, -0.05) is 129 Å². The molecule has 6 heteroatoms. The van der Waals surface area contributed by atoms with Crippen LogP contribution in [0.4, 0.5) is 13.2 Å². The zero-order chi connectivity index (χ0) is 34.6. The molecule has 1 aliphatic rings. The minimum absolute atomic E-state index is 0. The Bertz CT molecular complexity index is 1650. The molecular formula is C42H50BrF3NNa. The van der Waals surface area contributed by atoms with Crippen LogP contribution in [0.15, 0.2) is 103 Å². The van der Waals surface area contributed by atoms with Crippen molar-refractivity contribution in [3.8, 4) is 11.3 Å². The van der Waals surface area contributed by atoms with Gasteiger partial charge in [-0.25, -0.2) is 8.78 Å². The summed E-state index contributed by atoms with van der Waals surface area (Å²) in [5.74, 6) is -0.366. The zero-order valence-corrected chi connectivity index (χ0v) is 32.4. The summed E-state index contributed by atoms with van der Waals surface area (Å²) < 4.78 is 43.9. The van der Waals surface area contributed by atoms with E-state index in [2.05, 4.69) is 89.0 Å². The molecule has 48 heavy (non-hydrogen) atoms. The van der Waals surface area contributed by atoms with E-state index in [-0.39, 0.29) is 42.6 Å². The first kappa shape index (κ1) is 39.9. The third kappa shape index (κ3) is 13.0. The number of unbranched alkanes of at least 4 members (excludes halogenated alkanes) is 6. The van der Waals surface area contributed by atoms with Crippen LogP contribution in [0.3, 0.4) is 0 Å². The summed E-state index contributed by atoms with van der Waals surface area (Å²) in [6, 6.07) is 32.5. The summed E-state index contributed by atoms with van der Waals surface area (Å²) in [5.41, 5.74) is 8.52. The van der Waals surface area contributed by atoms with Crippen LogP contribution < -0.4 is 29.6 Å². The second kappa shape index (κ2) is 23.7. The molecule has 0 spiro atoms. The van der Waals surface area contributed by atoms with Gasteiger partial charge in [0.15, 0.2) is 0 Å². The molecule has 1 nitrogen and oxygen atoms in total. The second-order valence-electron chi connectivity index (χ2n) is 11.6. The smallest absolute Gasteiger partial charge is 1.00 e. The molecule has 0 fully saturated rings. The normalized spacial score (nSPS) is 11.4. The van der Waals surface area contributed by atoms with Crippen LogP contribution in [-0.4, -0.2) is 17.1 Å². The molecule has 0 aliphatic heterocycles. The Labute approximate surface area is 320 Å². The number of nitrogens with zero attached hydrogens (tertiary/aromatic N) is 1. The van der Waals surface area contributed by atoms with Gasteiger partial charge in [-0.3, -0.25) is 4.39 Å². The summed E-state index contributed by atoms with van der Waals surface area (Å²) >= 11 is 3.38. The number of allylic oxidation sites excluding steroid dienone is 1. The number of benzene rings is 4. The van der Waals surface area contributed by atoms with E-state index in [0.717, 1.165) is 24.1 Å². The second-order valence-corrected chi connectivity index (χ2v) is 12.4. The molecule has 0 N–H and O–H groups in total. The van der Waals surface area contributed by atoms with Gasteiger partial charge in [0.25, 0.3) is 0 Å². The summed E-state index contributed by atoms with van der Waals surface area (Å²) in [7, 11) is -1.00. The quantitative estimate of drug-likeness (QED) is 0.0725. The minimum atomic E-state index is -1.00. The minimum Gasteiger partial charge on any atom is -1.00 e. The van der Waals surface area contributed by atoms with E-state index in [1.54, 1.807) is 0 Å². The summed E-state index contributed by atoms with van der Waals surface area (Å²) in [4.78, 5) is 0. The van der Waals surface area contributed by atoms with E-state index in [0.29, 0.717) is 0 Å². The first-order valence-electron chi connectivity index (χ1n) is 17.5. The van der Waals surface area contributed by atoms with Gasteiger partial charge in [0.05, 0.1) is 8.52 Å². The molecule has 252 valence electrons. The Morgan fingerprint density at radius 3 is 1.90 bits per heavy atom. The predicted octanol–water partition coefficient (Wildman–Crippen LogP) is 10.6. The fourth-order valence-electron chi connectivity index (χ4n) is 5.66. The number of hydrogen-bond donors (Lipinski definition) is 0. The van der Waals surface area contributed by atoms with E-state index < -0.39 is 7.15 Å². The Morgan fingerprint density at radius 2 is 1.29 bits per heavy atom. The molecule has 5 aromatic rings. The molecule has 0 amide bonds. The fraction of sp³-hybridized carbons (Fsp3) is 0.333. The molecule has 0 unspecified atom stereocenters. The van der Waals surface area contributed by atoms with E-state index in [9.17, 15) is 13.2 Å². The van der Waals surface area contributed by atoms with Crippen LogP contribution in [0.25, 0.3) is 33.8 Å². The Hall–Kier alpha value is -2.57. The maximum Gasteiger partial charge on any atom is 1.00 e. The molecule has 0 radical (unpaired) electrons. The fourth-order valence-corrected chi connectivity index (χ4v) is 6.05. The van der Waals surface area contributed by atoms with Crippen molar-refractivity contribution in [3.05, 3.63) is 131 Å². The first-order valence-corrected chi connectivity index (χ1v) is 17.9. The Kier molecular flexibility index (Phi) is 19.7. The van der Waals surface area contributed by atoms with Crippen molar-refractivity contribution in [1.29, 1.82) is 0 Å². The average molecular weight is 730 g/mol. The summed E-state index contributed by atoms with van der Waals surface area (Å²) in [6.07, 6.45) is 13.6. The maximum atomic E-state index is 13.2. The van der Waals surface area contributed by atoms with Crippen LogP contribution >= 0.6 is 15.9 Å². The zero-order valence-electron chi connectivity index (χ0n) is 30.8. The molecular weight excluding hydrogens is 678 g/mol. The molecule has 0 bridgehead atoms. The average Bonchev–Trinajstić information content (AvgIpc) is 3.71. The van der Waals surface area contributed by atoms with Crippen LogP contribution in [0.1, 0.15) is 84.7 Å². The number of alkyl halides is 2. The first-order chi connectivity index (χ1) is 23.4. The van der Waals surface area contributed by atoms with Gasteiger partial charge in [-0.2, -0.15) is 0 Å². The number of fused-ring (bicyclic) bond motifs is 2. The van der Waals surface area contributed by atoms with Gasteiger partial charge in [-0.05, 0) is 95.6 Å². The molecule has 1 heterocycles. The van der Waals surface area contributed by atoms with E-state index >= 15 is 0 Å². The summed E-state index contributed by atoms with van der Waals surface area (Å²) in [6.45, 7) is 5.48. The van der Waals surface area contributed by atoms with Crippen molar-refractivity contribution in [1.82, 2.24) is 4.57 Å². The van der Waals surface area contributed by atoms with Gasteiger partial charge in [0, 0.05) is 28.5 Å². The van der Waals surface area contributed by atoms with Crippen molar-refractivity contribution >= 4 is 38.5 Å². The number of para-hydroxylation sites is 1. The van der Waals surface area contributed by atoms with E-state index in [1.165, 1.54) is 114 Å².